The first-order valence-corrected chi connectivity index (χ1v) is 6.66. The Balaban J connectivity index is 1.94. The summed E-state index contributed by atoms with van der Waals surface area (Å²) in [5.41, 5.74) is 2.75. The highest BCUT2D eigenvalue weighted by molar-refractivity contribution is 5.87. The van der Waals surface area contributed by atoms with E-state index < -0.39 is 0 Å². The number of furan rings is 1. The molecule has 6 nitrogen and oxygen atoms in total. The number of nitrogens with zero attached hydrogens (tertiary/aromatic N) is 4. The van der Waals surface area contributed by atoms with Gasteiger partial charge in [-0.1, -0.05) is 0 Å². The summed E-state index contributed by atoms with van der Waals surface area (Å²) in [4.78, 5) is 8.64. The summed E-state index contributed by atoms with van der Waals surface area (Å²) in [5.74, 6) is 2.57. The summed E-state index contributed by atoms with van der Waals surface area (Å²) in [5, 5.41) is 7.78. The highest BCUT2D eigenvalue weighted by Crippen LogP contribution is 2.22. The molecule has 0 atom stereocenters. The Hall–Kier alpha value is -2.37. The van der Waals surface area contributed by atoms with Crippen molar-refractivity contribution in [2.75, 3.05) is 5.32 Å². The van der Waals surface area contributed by atoms with Crippen LogP contribution < -0.4 is 5.32 Å². The first kappa shape index (κ1) is 12.7. The van der Waals surface area contributed by atoms with Crippen LogP contribution in [0.1, 0.15) is 24.1 Å². The van der Waals surface area contributed by atoms with Crippen molar-refractivity contribution in [1.29, 1.82) is 0 Å². The van der Waals surface area contributed by atoms with Crippen molar-refractivity contribution in [3.63, 3.8) is 0 Å². The molecule has 3 aromatic rings. The van der Waals surface area contributed by atoms with Gasteiger partial charge in [-0.2, -0.15) is 5.10 Å². The number of fused-ring (bicyclic) bond motifs is 1. The molecule has 0 radical (unpaired) electrons. The van der Waals surface area contributed by atoms with E-state index in [9.17, 15) is 0 Å². The molecule has 0 spiro atoms. The lowest BCUT2D eigenvalue weighted by atomic mass is 10.3. The summed E-state index contributed by atoms with van der Waals surface area (Å²) in [6.45, 7) is 7.32. The van der Waals surface area contributed by atoms with Crippen LogP contribution in [-0.4, -0.2) is 19.7 Å². The van der Waals surface area contributed by atoms with E-state index in [1.165, 1.54) is 0 Å². The quantitative estimate of drug-likeness (QED) is 0.790. The molecule has 0 aromatic carbocycles. The second-order valence-electron chi connectivity index (χ2n) is 4.69. The molecule has 0 aliphatic heterocycles. The van der Waals surface area contributed by atoms with E-state index in [0.29, 0.717) is 6.54 Å². The Bertz CT molecular complexity index is 743. The molecule has 0 amide bonds. The van der Waals surface area contributed by atoms with E-state index >= 15 is 0 Å². The standard InChI is InChI=1S/C14H17N5O/c1-4-19-13-12(10(3)18-19)16-8-17-14(13)15-7-11-6-5-9(2)20-11/h5-6,8H,4,7H2,1-3H3,(H,15,16,17). The molecular formula is C14H17N5O. The Morgan fingerprint density at radius 3 is 2.80 bits per heavy atom. The van der Waals surface area contributed by atoms with Crippen LogP contribution >= 0.6 is 0 Å². The zero-order valence-corrected chi connectivity index (χ0v) is 11.8. The van der Waals surface area contributed by atoms with Crippen LogP contribution in [0.4, 0.5) is 5.82 Å². The van der Waals surface area contributed by atoms with Crippen molar-refractivity contribution in [1.82, 2.24) is 19.7 Å². The number of hydrogen-bond acceptors (Lipinski definition) is 5. The molecule has 6 heteroatoms. The third-order valence-corrected chi connectivity index (χ3v) is 3.22. The number of nitrogens with one attached hydrogen (secondary N) is 1. The molecule has 3 aromatic heterocycles. The van der Waals surface area contributed by atoms with Crippen molar-refractivity contribution < 1.29 is 4.42 Å². The molecule has 1 N–H and O–H groups in total. The Kier molecular flexibility index (Phi) is 3.14. The maximum Gasteiger partial charge on any atom is 0.156 e. The summed E-state index contributed by atoms with van der Waals surface area (Å²) in [6, 6.07) is 3.91. The molecule has 0 aliphatic carbocycles. The molecule has 0 saturated carbocycles. The molecule has 0 unspecified atom stereocenters. The van der Waals surface area contributed by atoms with Crippen LogP contribution in [0.2, 0.25) is 0 Å². The Morgan fingerprint density at radius 2 is 2.10 bits per heavy atom. The topological polar surface area (TPSA) is 68.8 Å². The molecule has 3 rings (SSSR count). The van der Waals surface area contributed by atoms with Gasteiger partial charge in [-0.3, -0.25) is 4.68 Å². The fourth-order valence-corrected chi connectivity index (χ4v) is 2.28. The van der Waals surface area contributed by atoms with E-state index in [1.807, 2.05) is 30.7 Å². The highest BCUT2D eigenvalue weighted by atomic mass is 16.3. The van der Waals surface area contributed by atoms with Gasteiger partial charge in [-0.15, -0.1) is 0 Å². The fraction of sp³-hybridized carbons (Fsp3) is 0.357. The van der Waals surface area contributed by atoms with Gasteiger partial charge in [-0.05, 0) is 32.9 Å². The maximum atomic E-state index is 5.55. The SMILES string of the molecule is CCn1nc(C)c2ncnc(NCc3ccc(C)o3)c21. The zero-order chi connectivity index (χ0) is 14.1. The minimum Gasteiger partial charge on any atom is -0.465 e. The molecule has 0 aliphatic rings. The second-order valence-corrected chi connectivity index (χ2v) is 4.69. The van der Waals surface area contributed by atoms with Crippen LogP contribution in [0.25, 0.3) is 11.0 Å². The van der Waals surface area contributed by atoms with Gasteiger partial charge in [0.25, 0.3) is 0 Å². The van der Waals surface area contributed by atoms with Gasteiger partial charge in [0.05, 0.1) is 12.2 Å². The molecule has 0 bridgehead atoms. The lowest BCUT2D eigenvalue weighted by Crippen LogP contribution is -2.05. The number of rotatable bonds is 4. The molecule has 3 heterocycles. The van der Waals surface area contributed by atoms with Crippen molar-refractivity contribution in [2.24, 2.45) is 0 Å². The minimum atomic E-state index is 0.591. The van der Waals surface area contributed by atoms with Crippen molar-refractivity contribution in [3.8, 4) is 0 Å². The summed E-state index contributed by atoms with van der Waals surface area (Å²) < 4.78 is 7.47. The number of aryl methyl sites for hydroxylation is 3. The van der Waals surface area contributed by atoms with E-state index in [0.717, 1.165) is 40.6 Å². The zero-order valence-electron chi connectivity index (χ0n) is 11.8. The third kappa shape index (κ3) is 2.13. The van der Waals surface area contributed by atoms with Gasteiger partial charge in [0, 0.05) is 6.54 Å². The summed E-state index contributed by atoms with van der Waals surface area (Å²) in [7, 11) is 0. The fourth-order valence-electron chi connectivity index (χ4n) is 2.28. The molecule has 104 valence electrons. The van der Waals surface area contributed by atoms with E-state index in [2.05, 4.69) is 27.3 Å². The smallest absolute Gasteiger partial charge is 0.156 e. The van der Waals surface area contributed by atoms with Gasteiger partial charge in [0.1, 0.15) is 28.9 Å². The van der Waals surface area contributed by atoms with Gasteiger partial charge in [0.2, 0.25) is 0 Å². The molecule has 0 fully saturated rings. The summed E-state index contributed by atoms with van der Waals surface area (Å²) in [6.07, 6.45) is 1.56. The van der Waals surface area contributed by atoms with Crippen molar-refractivity contribution in [2.45, 2.75) is 33.9 Å². The van der Waals surface area contributed by atoms with Crippen LogP contribution in [-0.2, 0) is 13.1 Å². The van der Waals surface area contributed by atoms with Gasteiger partial charge in [0.15, 0.2) is 5.82 Å². The molecule has 0 saturated heterocycles. The van der Waals surface area contributed by atoms with E-state index in [1.54, 1.807) is 6.33 Å². The third-order valence-electron chi connectivity index (χ3n) is 3.22. The summed E-state index contributed by atoms with van der Waals surface area (Å²) >= 11 is 0. The number of hydrogen-bond donors (Lipinski definition) is 1. The molecular weight excluding hydrogens is 254 g/mol. The number of anilines is 1. The van der Waals surface area contributed by atoms with Gasteiger partial charge >= 0.3 is 0 Å². The lowest BCUT2D eigenvalue weighted by Gasteiger charge is -2.06. The highest BCUT2D eigenvalue weighted by Gasteiger charge is 2.13. The van der Waals surface area contributed by atoms with Crippen LogP contribution in [0, 0.1) is 13.8 Å². The Morgan fingerprint density at radius 1 is 1.25 bits per heavy atom. The predicted molar refractivity (Wildman–Crippen MR) is 76.5 cm³/mol. The van der Waals surface area contributed by atoms with Gasteiger partial charge < -0.3 is 9.73 Å². The largest absolute Gasteiger partial charge is 0.465 e. The van der Waals surface area contributed by atoms with Crippen molar-refractivity contribution >= 4 is 16.9 Å². The maximum absolute atomic E-state index is 5.55. The minimum absolute atomic E-state index is 0.591. The monoisotopic (exact) mass is 271 g/mol. The lowest BCUT2D eigenvalue weighted by molar-refractivity contribution is 0.490. The average molecular weight is 271 g/mol. The van der Waals surface area contributed by atoms with Gasteiger partial charge in [-0.25, -0.2) is 9.97 Å². The average Bonchev–Trinajstić information content (AvgIpc) is 3.01. The van der Waals surface area contributed by atoms with Crippen LogP contribution in [0.15, 0.2) is 22.9 Å². The normalized spacial score (nSPS) is 11.2. The number of aromatic nitrogens is 4. The van der Waals surface area contributed by atoms with Crippen molar-refractivity contribution in [3.05, 3.63) is 35.7 Å². The van der Waals surface area contributed by atoms with Crippen LogP contribution in [0.3, 0.4) is 0 Å². The first-order chi connectivity index (χ1) is 9.69. The second kappa shape index (κ2) is 4.96. The van der Waals surface area contributed by atoms with Crippen LogP contribution in [0.5, 0.6) is 0 Å². The van der Waals surface area contributed by atoms with E-state index in [-0.39, 0.29) is 0 Å². The van der Waals surface area contributed by atoms with E-state index in [4.69, 9.17) is 4.42 Å². The Labute approximate surface area is 116 Å². The molecule has 20 heavy (non-hydrogen) atoms. The predicted octanol–water partition coefficient (Wildman–Crippen LogP) is 2.67. The first-order valence-electron chi connectivity index (χ1n) is 6.66.